The lowest BCUT2D eigenvalue weighted by Gasteiger charge is -2.17. The fourth-order valence-corrected chi connectivity index (χ4v) is 1.48. The number of amides is 1. The molecule has 0 bridgehead atoms. The predicted octanol–water partition coefficient (Wildman–Crippen LogP) is 0.270. The molecule has 0 aliphatic carbocycles. The van der Waals surface area contributed by atoms with Crippen molar-refractivity contribution in [3.8, 4) is 11.5 Å². The SMILES string of the molecule is O=C1Cc2c(O)cc(O)cc2CN1. The topological polar surface area (TPSA) is 69.6 Å². The molecule has 0 radical (unpaired) electrons. The van der Waals surface area contributed by atoms with Crippen molar-refractivity contribution in [2.24, 2.45) is 0 Å². The normalized spacial score (nSPS) is 14.9. The third-order valence-electron chi connectivity index (χ3n) is 2.12. The van der Waals surface area contributed by atoms with Crippen molar-refractivity contribution in [1.29, 1.82) is 0 Å². The second kappa shape index (κ2) is 2.65. The summed E-state index contributed by atoms with van der Waals surface area (Å²) in [6.45, 7) is 0.371. The molecule has 1 aromatic carbocycles. The molecule has 13 heavy (non-hydrogen) atoms. The highest BCUT2D eigenvalue weighted by Gasteiger charge is 2.18. The smallest absolute Gasteiger partial charge is 0.224 e. The zero-order valence-electron chi connectivity index (χ0n) is 6.87. The number of phenolic OH excluding ortho intramolecular Hbond substituents is 2. The zero-order valence-corrected chi connectivity index (χ0v) is 6.87. The summed E-state index contributed by atoms with van der Waals surface area (Å²) in [7, 11) is 0. The number of nitrogens with one attached hydrogen (secondary N) is 1. The van der Waals surface area contributed by atoms with E-state index in [2.05, 4.69) is 5.32 Å². The number of aromatic hydroxyl groups is 2. The summed E-state index contributed by atoms with van der Waals surface area (Å²) in [6, 6.07) is 2.80. The van der Waals surface area contributed by atoms with E-state index < -0.39 is 0 Å². The molecule has 4 heteroatoms. The number of benzene rings is 1. The van der Waals surface area contributed by atoms with Gasteiger partial charge in [0.2, 0.25) is 5.91 Å². The molecule has 68 valence electrons. The third-order valence-corrected chi connectivity index (χ3v) is 2.12. The van der Waals surface area contributed by atoms with Gasteiger partial charge >= 0.3 is 0 Å². The van der Waals surface area contributed by atoms with Crippen LogP contribution in [0.2, 0.25) is 0 Å². The number of carbonyl (C=O) groups excluding carboxylic acids is 1. The highest BCUT2D eigenvalue weighted by molar-refractivity contribution is 5.81. The second-order valence-corrected chi connectivity index (χ2v) is 3.06. The van der Waals surface area contributed by atoms with Gasteiger partial charge in [-0.15, -0.1) is 0 Å². The second-order valence-electron chi connectivity index (χ2n) is 3.06. The van der Waals surface area contributed by atoms with Gasteiger partial charge in [0.05, 0.1) is 6.42 Å². The number of rotatable bonds is 0. The Bertz CT molecular complexity index is 373. The molecular weight excluding hydrogens is 170 g/mol. The minimum atomic E-state index is -0.103. The predicted molar refractivity (Wildman–Crippen MR) is 45.3 cm³/mol. The van der Waals surface area contributed by atoms with Crippen LogP contribution in [0.25, 0.3) is 0 Å². The van der Waals surface area contributed by atoms with Crippen molar-refractivity contribution in [3.63, 3.8) is 0 Å². The first-order chi connectivity index (χ1) is 6.16. The van der Waals surface area contributed by atoms with Gasteiger partial charge in [-0.1, -0.05) is 0 Å². The Kier molecular flexibility index (Phi) is 1.62. The van der Waals surface area contributed by atoms with E-state index in [4.69, 9.17) is 5.11 Å². The Morgan fingerprint density at radius 3 is 2.85 bits per heavy atom. The number of fused-ring (bicyclic) bond motifs is 1. The molecule has 2 rings (SSSR count). The minimum Gasteiger partial charge on any atom is -0.508 e. The van der Waals surface area contributed by atoms with E-state index in [1.807, 2.05) is 0 Å². The van der Waals surface area contributed by atoms with Gasteiger partial charge in [0.1, 0.15) is 11.5 Å². The molecule has 3 N–H and O–H groups in total. The monoisotopic (exact) mass is 179 g/mol. The van der Waals surface area contributed by atoms with E-state index in [9.17, 15) is 9.90 Å². The number of phenols is 2. The molecule has 1 aromatic rings. The molecule has 0 spiro atoms. The third kappa shape index (κ3) is 1.30. The highest BCUT2D eigenvalue weighted by atomic mass is 16.3. The Balaban J connectivity index is 2.53. The van der Waals surface area contributed by atoms with E-state index in [-0.39, 0.29) is 23.8 Å². The summed E-state index contributed by atoms with van der Waals surface area (Å²) in [6.07, 6.45) is 0.182. The molecule has 0 atom stereocenters. The average Bonchev–Trinajstić information content (AvgIpc) is 2.06. The lowest BCUT2D eigenvalue weighted by atomic mass is 9.99. The van der Waals surface area contributed by atoms with Crippen LogP contribution in [0, 0.1) is 0 Å². The van der Waals surface area contributed by atoms with Crippen LogP contribution in [-0.4, -0.2) is 16.1 Å². The lowest BCUT2D eigenvalue weighted by Crippen LogP contribution is -2.30. The van der Waals surface area contributed by atoms with Crippen molar-refractivity contribution in [2.75, 3.05) is 0 Å². The molecule has 0 fully saturated rings. The lowest BCUT2D eigenvalue weighted by molar-refractivity contribution is -0.121. The fourth-order valence-electron chi connectivity index (χ4n) is 1.48. The van der Waals surface area contributed by atoms with Gasteiger partial charge in [-0.3, -0.25) is 4.79 Å². The quantitative estimate of drug-likeness (QED) is 0.535. The maximum atomic E-state index is 11.0. The molecule has 0 saturated heterocycles. The minimum absolute atomic E-state index is 0.00940. The summed E-state index contributed by atoms with van der Waals surface area (Å²) >= 11 is 0. The number of hydrogen-bond donors (Lipinski definition) is 3. The summed E-state index contributed by atoms with van der Waals surface area (Å²) in [4.78, 5) is 11.0. The van der Waals surface area contributed by atoms with E-state index in [1.54, 1.807) is 6.07 Å². The summed E-state index contributed by atoms with van der Waals surface area (Å²) < 4.78 is 0. The standard InChI is InChI=1S/C9H9NO3/c11-6-1-5-4-10-9(13)3-7(5)8(12)2-6/h1-2,11-12H,3-4H2,(H,10,13). The molecule has 0 unspecified atom stereocenters. The van der Waals surface area contributed by atoms with Gasteiger partial charge in [-0.25, -0.2) is 0 Å². The van der Waals surface area contributed by atoms with Crippen LogP contribution in [0.15, 0.2) is 12.1 Å². The zero-order chi connectivity index (χ0) is 9.42. The first-order valence-corrected chi connectivity index (χ1v) is 3.97. The molecule has 0 aromatic heterocycles. The van der Waals surface area contributed by atoms with Gasteiger partial charge < -0.3 is 15.5 Å². The first-order valence-electron chi connectivity index (χ1n) is 3.97. The van der Waals surface area contributed by atoms with Crippen molar-refractivity contribution in [1.82, 2.24) is 5.32 Å². The molecule has 4 nitrogen and oxygen atoms in total. The summed E-state index contributed by atoms with van der Waals surface area (Å²) in [5, 5.41) is 21.2. The largest absolute Gasteiger partial charge is 0.508 e. The van der Waals surface area contributed by atoms with Crippen LogP contribution in [0.4, 0.5) is 0 Å². The van der Waals surface area contributed by atoms with Crippen LogP contribution >= 0.6 is 0 Å². The van der Waals surface area contributed by atoms with Gasteiger partial charge in [0.15, 0.2) is 0 Å². The van der Waals surface area contributed by atoms with E-state index >= 15 is 0 Å². The van der Waals surface area contributed by atoms with Crippen molar-refractivity contribution < 1.29 is 15.0 Å². The van der Waals surface area contributed by atoms with Crippen LogP contribution in [0.5, 0.6) is 11.5 Å². The molecule has 0 saturated carbocycles. The van der Waals surface area contributed by atoms with Crippen molar-refractivity contribution >= 4 is 5.91 Å². The average molecular weight is 179 g/mol. The maximum absolute atomic E-state index is 11.0. The highest BCUT2D eigenvalue weighted by Crippen LogP contribution is 2.29. The van der Waals surface area contributed by atoms with Crippen molar-refractivity contribution in [3.05, 3.63) is 23.3 Å². The molecule has 1 aliphatic heterocycles. The molecule has 1 heterocycles. The van der Waals surface area contributed by atoms with Gasteiger partial charge in [0, 0.05) is 18.2 Å². The van der Waals surface area contributed by atoms with Crippen molar-refractivity contribution in [2.45, 2.75) is 13.0 Å². The molecule has 1 amide bonds. The first kappa shape index (κ1) is 7.91. The fraction of sp³-hybridized carbons (Fsp3) is 0.222. The van der Waals surface area contributed by atoms with Gasteiger partial charge in [0.25, 0.3) is 0 Å². The number of hydrogen-bond acceptors (Lipinski definition) is 3. The Morgan fingerprint density at radius 1 is 1.31 bits per heavy atom. The Hall–Kier alpha value is -1.71. The maximum Gasteiger partial charge on any atom is 0.224 e. The van der Waals surface area contributed by atoms with Crippen LogP contribution in [0.1, 0.15) is 11.1 Å². The van der Waals surface area contributed by atoms with Crippen LogP contribution in [0.3, 0.4) is 0 Å². The Labute approximate surface area is 74.8 Å². The van der Waals surface area contributed by atoms with E-state index in [0.29, 0.717) is 12.1 Å². The molecular formula is C9H9NO3. The summed E-state index contributed by atoms with van der Waals surface area (Å²) in [5.41, 5.74) is 1.39. The van der Waals surface area contributed by atoms with Gasteiger partial charge in [-0.05, 0) is 11.6 Å². The van der Waals surface area contributed by atoms with Crippen LogP contribution in [-0.2, 0) is 17.8 Å². The van der Waals surface area contributed by atoms with Gasteiger partial charge in [-0.2, -0.15) is 0 Å². The van der Waals surface area contributed by atoms with E-state index in [0.717, 1.165) is 5.56 Å². The number of carbonyl (C=O) groups is 1. The summed E-state index contributed by atoms with van der Waals surface area (Å²) in [5.74, 6) is -0.0919. The van der Waals surface area contributed by atoms with E-state index in [1.165, 1.54) is 6.07 Å². The van der Waals surface area contributed by atoms with Crippen LogP contribution < -0.4 is 5.32 Å². The Morgan fingerprint density at radius 2 is 2.08 bits per heavy atom. The molecule has 1 aliphatic rings.